The van der Waals surface area contributed by atoms with Crippen LogP contribution in [0.25, 0.3) is 0 Å². The van der Waals surface area contributed by atoms with Crippen LogP contribution in [0, 0.1) is 11.3 Å². The Morgan fingerprint density at radius 3 is 2.27 bits per heavy atom. The molecule has 0 radical (unpaired) electrons. The number of hydrogen-bond donors (Lipinski definition) is 1. The van der Waals surface area contributed by atoms with Gasteiger partial charge in [0.25, 0.3) is 0 Å². The lowest BCUT2D eigenvalue weighted by atomic mass is 10.1. The van der Waals surface area contributed by atoms with E-state index in [1.54, 1.807) is 23.0 Å². The number of nitrogens with two attached hydrogens (primary N) is 1. The third-order valence-corrected chi connectivity index (χ3v) is 1.51. The van der Waals surface area contributed by atoms with Crippen LogP contribution >= 0.6 is 11.6 Å². The second kappa shape index (κ2) is 5.42. The lowest BCUT2D eigenvalue weighted by Crippen LogP contribution is -2.24. The molecule has 0 aliphatic heterocycles. The highest BCUT2D eigenvalue weighted by atomic mass is 35.5. The van der Waals surface area contributed by atoms with Gasteiger partial charge in [-0.15, -0.1) is 0 Å². The second-order valence-electron chi connectivity index (χ2n) is 3.86. The van der Waals surface area contributed by atoms with Gasteiger partial charge in [-0.05, 0) is 26.8 Å². The first-order valence-corrected chi connectivity index (χ1v) is 4.71. The fourth-order valence-electron chi connectivity index (χ4n) is 0.874. The number of aromatic nitrogens is 2. The number of rotatable bonds is 0. The van der Waals surface area contributed by atoms with Gasteiger partial charge in [-0.25, -0.2) is 4.68 Å². The van der Waals surface area contributed by atoms with Crippen LogP contribution in [-0.4, -0.2) is 9.78 Å². The highest BCUT2D eigenvalue weighted by molar-refractivity contribution is 6.31. The normalized spacial score (nSPS) is 9.80. The molecule has 0 aliphatic rings. The first kappa shape index (κ1) is 13.5. The number of nitrogens with zero attached hydrogens (tertiary/aromatic N) is 3. The van der Waals surface area contributed by atoms with Crippen LogP contribution < -0.4 is 5.73 Å². The van der Waals surface area contributed by atoms with Crippen molar-refractivity contribution >= 4 is 17.4 Å². The summed E-state index contributed by atoms with van der Waals surface area (Å²) in [5.41, 5.74) is 5.62. The zero-order valence-electron chi connectivity index (χ0n) is 9.16. The SMILES string of the molecule is C=C(Cl)C#N.CC(C)(C)n1nccc1N. The third-order valence-electron chi connectivity index (χ3n) is 1.43. The van der Waals surface area contributed by atoms with Gasteiger partial charge in [0.15, 0.2) is 0 Å². The maximum atomic E-state index is 7.66. The average molecular weight is 227 g/mol. The van der Waals surface area contributed by atoms with Crippen LogP contribution in [0.15, 0.2) is 23.9 Å². The van der Waals surface area contributed by atoms with E-state index in [-0.39, 0.29) is 10.6 Å². The smallest absolute Gasteiger partial charge is 0.122 e. The summed E-state index contributed by atoms with van der Waals surface area (Å²) in [6.07, 6.45) is 1.71. The van der Waals surface area contributed by atoms with E-state index in [0.29, 0.717) is 5.82 Å². The highest BCUT2D eigenvalue weighted by Gasteiger charge is 2.14. The molecular weight excluding hydrogens is 212 g/mol. The van der Waals surface area contributed by atoms with Crippen molar-refractivity contribution in [2.24, 2.45) is 0 Å². The summed E-state index contributed by atoms with van der Waals surface area (Å²) in [6, 6.07) is 3.40. The van der Waals surface area contributed by atoms with Gasteiger partial charge in [0.05, 0.1) is 11.7 Å². The first-order chi connectivity index (χ1) is 6.79. The number of anilines is 1. The molecule has 0 unspecified atom stereocenters. The topological polar surface area (TPSA) is 67.6 Å². The molecule has 1 heterocycles. The summed E-state index contributed by atoms with van der Waals surface area (Å²) in [5, 5.41) is 11.8. The van der Waals surface area contributed by atoms with Crippen LogP contribution in [0.4, 0.5) is 5.82 Å². The Hall–Kier alpha value is -1.47. The highest BCUT2D eigenvalue weighted by Crippen LogP contribution is 2.15. The molecule has 1 aromatic heterocycles. The molecule has 1 aromatic rings. The van der Waals surface area contributed by atoms with E-state index < -0.39 is 0 Å². The van der Waals surface area contributed by atoms with Gasteiger partial charge in [0.1, 0.15) is 16.9 Å². The molecule has 0 aliphatic carbocycles. The summed E-state index contributed by atoms with van der Waals surface area (Å²) in [6.45, 7) is 9.28. The van der Waals surface area contributed by atoms with Gasteiger partial charge in [-0.1, -0.05) is 18.2 Å². The van der Waals surface area contributed by atoms with E-state index in [1.807, 2.05) is 0 Å². The van der Waals surface area contributed by atoms with Crippen LogP contribution in [0.2, 0.25) is 0 Å². The predicted octanol–water partition coefficient (Wildman–Crippen LogP) is 2.48. The number of hydrogen-bond acceptors (Lipinski definition) is 3. The molecule has 0 aromatic carbocycles. The Labute approximate surface area is 94.9 Å². The standard InChI is InChI=1S/C7H13N3.C3H2ClN/c1-7(2,3)10-6(8)4-5-9-10;1-3(4)2-5/h4-5H,8H2,1-3H3;1H2. The summed E-state index contributed by atoms with van der Waals surface area (Å²) in [4.78, 5) is 0. The van der Waals surface area contributed by atoms with Crippen molar-refractivity contribution in [2.45, 2.75) is 26.3 Å². The Morgan fingerprint density at radius 2 is 2.13 bits per heavy atom. The Balaban J connectivity index is 0.000000336. The van der Waals surface area contributed by atoms with Gasteiger partial charge in [-0.3, -0.25) is 0 Å². The minimum Gasteiger partial charge on any atom is -0.384 e. The van der Waals surface area contributed by atoms with Gasteiger partial charge in [0, 0.05) is 0 Å². The molecule has 1 rings (SSSR count). The Morgan fingerprint density at radius 1 is 1.67 bits per heavy atom. The lowest BCUT2D eigenvalue weighted by molar-refractivity contribution is 0.361. The molecule has 0 amide bonds. The van der Waals surface area contributed by atoms with Crippen molar-refractivity contribution in [3.63, 3.8) is 0 Å². The third kappa shape index (κ3) is 5.08. The van der Waals surface area contributed by atoms with Crippen molar-refractivity contribution in [2.75, 3.05) is 5.73 Å². The van der Waals surface area contributed by atoms with E-state index >= 15 is 0 Å². The van der Waals surface area contributed by atoms with Crippen molar-refractivity contribution in [1.82, 2.24) is 9.78 Å². The van der Waals surface area contributed by atoms with Crippen molar-refractivity contribution in [3.8, 4) is 6.07 Å². The van der Waals surface area contributed by atoms with Crippen LogP contribution in [0.3, 0.4) is 0 Å². The number of nitriles is 1. The molecule has 0 bridgehead atoms. The molecule has 15 heavy (non-hydrogen) atoms. The molecule has 0 saturated heterocycles. The quantitative estimate of drug-likeness (QED) is 0.691. The summed E-state index contributed by atoms with van der Waals surface area (Å²) in [5.74, 6) is 0.715. The zero-order valence-corrected chi connectivity index (χ0v) is 9.91. The Kier molecular flexibility index (Phi) is 4.89. The molecular formula is C10H15ClN4. The first-order valence-electron chi connectivity index (χ1n) is 4.33. The van der Waals surface area contributed by atoms with E-state index in [4.69, 9.17) is 22.6 Å². The molecule has 2 N–H and O–H groups in total. The summed E-state index contributed by atoms with van der Waals surface area (Å²) in [7, 11) is 0. The zero-order chi connectivity index (χ0) is 12.1. The molecule has 0 saturated carbocycles. The summed E-state index contributed by atoms with van der Waals surface area (Å²) < 4.78 is 1.80. The molecule has 5 heteroatoms. The molecule has 0 spiro atoms. The number of nitrogen functional groups attached to an aromatic ring is 1. The van der Waals surface area contributed by atoms with Gasteiger partial charge >= 0.3 is 0 Å². The maximum Gasteiger partial charge on any atom is 0.122 e. The number of halogens is 1. The average Bonchev–Trinajstić information content (AvgIpc) is 2.51. The minimum absolute atomic E-state index is 0.00637. The van der Waals surface area contributed by atoms with E-state index in [9.17, 15) is 0 Å². The Bertz CT molecular complexity index is 368. The van der Waals surface area contributed by atoms with Crippen molar-refractivity contribution in [1.29, 1.82) is 5.26 Å². The van der Waals surface area contributed by atoms with E-state index in [0.717, 1.165) is 0 Å². The monoisotopic (exact) mass is 226 g/mol. The molecule has 4 nitrogen and oxygen atoms in total. The predicted molar refractivity (Wildman–Crippen MR) is 62.2 cm³/mol. The largest absolute Gasteiger partial charge is 0.384 e. The van der Waals surface area contributed by atoms with Crippen molar-refractivity contribution < 1.29 is 0 Å². The fraction of sp³-hybridized carbons (Fsp3) is 0.400. The van der Waals surface area contributed by atoms with Crippen LogP contribution in [-0.2, 0) is 5.54 Å². The van der Waals surface area contributed by atoms with Crippen LogP contribution in [0.5, 0.6) is 0 Å². The maximum absolute atomic E-state index is 7.66. The minimum atomic E-state index is -0.00637. The van der Waals surface area contributed by atoms with Gasteiger partial charge in [0.2, 0.25) is 0 Å². The molecule has 0 fully saturated rings. The van der Waals surface area contributed by atoms with Gasteiger partial charge in [-0.2, -0.15) is 10.4 Å². The summed E-state index contributed by atoms with van der Waals surface area (Å²) >= 11 is 4.91. The molecule has 0 atom stereocenters. The fourth-order valence-corrected chi connectivity index (χ4v) is 0.874. The van der Waals surface area contributed by atoms with Crippen molar-refractivity contribution in [3.05, 3.63) is 23.9 Å². The number of allylic oxidation sites excluding steroid dienone is 1. The second-order valence-corrected chi connectivity index (χ2v) is 4.31. The van der Waals surface area contributed by atoms with E-state index in [1.165, 1.54) is 0 Å². The van der Waals surface area contributed by atoms with E-state index in [2.05, 4.69) is 32.4 Å². The van der Waals surface area contributed by atoms with Gasteiger partial charge < -0.3 is 5.73 Å². The molecule has 82 valence electrons. The van der Waals surface area contributed by atoms with Crippen LogP contribution in [0.1, 0.15) is 20.8 Å². The lowest BCUT2D eigenvalue weighted by Gasteiger charge is -2.20.